The molecule has 0 saturated heterocycles. The van der Waals surface area contributed by atoms with Crippen molar-refractivity contribution in [1.29, 1.82) is 0 Å². The second kappa shape index (κ2) is 5.20. The predicted octanol–water partition coefficient (Wildman–Crippen LogP) is 4.72. The summed E-state index contributed by atoms with van der Waals surface area (Å²) in [5.41, 5.74) is 5.25. The summed E-state index contributed by atoms with van der Waals surface area (Å²) in [6.45, 7) is 2.10. The van der Waals surface area contributed by atoms with Crippen molar-refractivity contribution in [2.45, 2.75) is 6.92 Å². The second-order valence-corrected chi connectivity index (χ2v) is 6.06. The van der Waals surface area contributed by atoms with Gasteiger partial charge in [0.25, 0.3) is 0 Å². The standard InChI is InChI=1S/C16H16ClN3S/c1-10-7-8-11(9-14(10)19(2)3)20-15-12(17)5-4-6-13(15)18-16(20)21/h4-9H,1-3H3,(H,18,21). The Morgan fingerprint density at radius 2 is 1.95 bits per heavy atom. The number of benzene rings is 2. The van der Waals surface area contributed by atoms with E-state index in [1.807, 2.05) is 36.9 Å². The number of fused-ring (bicyclic) bond motifs is 1. The van der Waals surface area contributed by atoms with Gasteiger partial charge in [0.2, 0.25) is 0 Å². The number of hydrogen-bond acceptors (Lipinski definition) is 2. The number of aromatic amines is 1. The summed E-state index contributed by atoms with van der Waals surface area (Å²) >= 11 is 11.8. The van der Waals surface area contributed by atoms with E-state index >= 15 is 0 Å². The van der Waals surface area contributed by atoms with Gasteiger partial charge >= 0.3 is 0 Å². The third kappa shape index (κ3) is 2.34. The van der Waals surface area contributed by atoms with Crippen LogP contribution < -0.4 is 4.90 Å². The molecule has 2 aromatic carbocycles. The molecule has 108 valence electrons. The number of H-pyrrole nitrogens is 1. The van der Waals surface area contributed by atoms with E-state index in [0.717, 1.165) is 22.4 Å². The number of hydrogen-bond donors (Lipinski definition) is 1. The summed E-state index contributed by atoms with van der Waals surface area (Å²) in [5, 5.41) is 0.687. The molecule has 0 fully saturated rings. The average molecular weight is 318 g/mol. The van der Waals surface area contributed by atoms with Gasteiger partial charge in [0, 0.05) is 19.8 Å². The fourth-order valence-electron chi connectivity index (χ4n) is 2.58. The molecule has 0 radical (unpaired) electrons. The summed E-state index contributed by atoms with van der Waals surface area (Å²) in [5.74, 6) is 0. The number of anilines is 1. The zero-order valence-corrected chi connectivity index (χ0v) is 13.7. The molecule has 0 saturated carbocycles. The Labute approximate surface area is 133 Å². The Morgan fingerprint density at radius 1 is 1.19 bits per heavy atom. The van der Waals surface area contributed by atoms with Gasteiger partial charge in [-0.1, -0.05) is 23.7 Å². The molecule has 0 amide bonds. The lowest BCUT2D eigenvalue weighted by atomic mass is 10.1. The number of aromatic nitrogens is 2. The quantitative estimate of drug-likeness (QED) is 0.692. The first-order chi connectivity index (χ1) is 9.99. The maximum atomic E-state index is 6.36. The van der Waals surface area contributed by atoms with E-state index in [1.165, 1.54) is 5.56 Å². The minimum atomic E-state index is 0.645. The number of imidazole rings is 1. The van der Waals surface area contributed by atoms with Gasteiger partial charge < -0.3 is 9.88 Å². The van der Waals surface area contributed by atoms with Crippen molar-refractivity contribution in [3.63, 3.8) is 0 Å². The molecule has 0 aliphatic carbocycles. The lowest BCUT2D eigenvalue weighted by Crippen LogP contribution is -2.11. The normalized spacial score (nSPS) is 11.0. The second-order valence-electron chi connectivity index (χ2n) is 5.27. The SMILES string of the molecule is Cc1ccc(-n2c(=S)[nH]c3cccc(Cl)c32)cc1N(C)C. The van der Waals surface area contributed by atoms with Crippen LogP contribution in [0.3, 0.4) is 0 Å². The molecule has 3 aromatic rings. The zero-order valence-electron chi connectivity index (χ0n) is 12.1. The number of para-hydroxylation sites is 1. The molecule has 21 heavy (non-hydrogen) atoms. The van der Waals surface area contributed by atoms with Crippen molar-refractivity contribution in [2.75, 3.05) is 19.0 Å². The average Bonchev–Trinajstić information content (AvgIpc) is 2.77. The highest BCUT2D eigenvalue weighted by Gasteiger charge is 2.11. The highest BCUT2D eigenvalue weighted by Crippen LogP contribution is 2.29. The minimum Gasteiger partial charge on any atom is -0.377 e. The Bertz CT molecular complexity index is 877. The third-order valence-corrected chi connectivity index (χ3v) is 4.18. The molecular formula is C16H16ClN3S. The van der Waals surface area contributed by atoms with Gasteiger partial charge in [-0.2, -0.15) is 0 Å². The number of nitrogens with zero attached hydrogens (tertiary/aromatic N) is 2. The molecule has 0 aliphatic heterocycles. The smallest absolute Gasteiger partial charge is 0.182 e. The molecule has 3 nitrogen and oxygen atoms in total. The maximum Gasteiger partial charge on any atom is 0.182 e. The van der Waals surface area contributed by atoms with E-state index < -0.39 is 0 Å². The summed E-state index contributed by atoms with van der Waals surface area (Å²) in [4.78, 5) is 5.31. The van der Waals surface area contributed by atoms with Crippen LogP contribution in [0.4, 0.5) is 5.69 Å². The first kappa shape index (κ1) is 14.2. The topological polar surface area (TPSA) is 24.0 Å². The Morgan fingerprint density at radius 3 is 2.67 bits per heavy atom. The van der Waals surface area contributed by atoms with E-state index in [4.69, 9.17) is 23.8 Å². The van der Waals surface area contributed by atoms with Crippen molar-refractivity contribution >= 4 is 40.5 Å². The van der Waals surface area contributed by atoms with Gasteiger partial charge in [0.1, 0.15) is 0 Å². The highest BCUT2D eigenvalue weighted by atomic mass is 35.5. The number of halogens is 1. The van der Waals surface area contributed by atoms with Gasteiger partial charge in [-0.25, -0.2) is 0 Å². The monoisotopic (exact) mass is 317 g/mol. The highest BCUT2D eigenvalue weighted by molar-refractivity contribution is 7.71. The zero-order chi connectivity index (χ0) is 15.1. The molecule has 5 heteroatoms. The van der Waals surface area contributed by atoms with Gasteiger partial charge in [0.05, 0.1) is 21.7 Å². The Kier molecular flexibility index (Phi) is 3.51. The van der Waals surface area contributed by atoms with Gasteiger partial charge in [-0.05, 0) is 49.0 Å². The largest absolute Gasteiger partial charge is 0.377 e. The molecule has 3 rings (SSSR count). The molecule has 1 N–H and O–H groups in total. The fourth-order valence-corrected chi connectivity index (χ4v) is 3.15. The number of nitrogens with one attached hydrogen (secondary N) is 1. The number of aryl methyl sites for hydroxylation is 1. The molecule has 0 bridgehead atoms. The number of rotatable bonds is 2. The maximum absolute atomic E-state index is 6.36. The minimum absolute atomic E-state index is 0.645. The Balaban J connectivity index is 2.33. The van der Waals surface area contributed by atoms with E-state index in [-0.39, 0.29) is 0 Å². The molecule has 0 spiro atoms. The molecule has 0 atom stereocenters. The molecule has 1 aromatic heterocycles. The summed E-state index contributed by atoms with van der Waals surface area (Å²) < 4.78 is 2.63. The fraction of sp³-hybridized carbons (Fsp3) is 0.188. The molecular weight excluding hydrogens is 302 g/mol. The van der Waals surface area contributed by atoms with Crippen LogP contribution in [0, 0.1) is 11.7 Å². The summed E-state index contributed by atoms with van der Waals surface area (Å²) in [6, 6.07) is 12.1. The lowest BCUT2D eigenvalue weighted by molar-refractivity contribution is 1.05. The van der Waals surface area contributed by atoms with Gasteiger partial charge in [-0.15, -0.1) is 0 Å². The van der Waals surface area contributed by atoms with E-state index in [1.54, 1.807) is 0 Å². The summed E-state index contributed by atoms with van der Waals surface area (Å²) in [7, 11) is 4.07. The van der Waals surface area contributed by atoms with Crippen molar-refractivity contribution in [3.8, 4) is 5.69 Å². The Hall–Kier alpha value is -1.78. The van der Waals surface area contributed by atoms with Crippen molar-refractivity contribution in [1.82, 2.24) is 9.55 Å². The van der Waals surface area contributed by atoms with E-state index in [2.05, 4.69) is 35.0 Å². The van der Waals surface area contributed by atoms with E-state index in [9.17, 15) is 0 Å². The predicted molar refractivity (Wildman–Crippen MR) is 92.5 cm³/mol. The molecule has 0 aliphatic rings. The lowest BCUT2D eigenvalue weighted by Gasteiger charge is -2.17. The molecule has 0 unspecified atom stereocenters. The van der Waals surface area contributed by atoms with Crippen molar-refractivity contribution in [3.05, 3.63) is 51.8 Å². The van der Waals surface area contributed by atoms with Crippen LogP contribution >= 0.6 is 23.8 Å². The summed E-state index contributed by atoms with van der Waals surface area (Å²) in [6.07, 6.45) is 0. The van der Waals surface area contributed by atoms with Crippen LogP contribution in [0.25, 0.3) is 16.7 Å². The van der Waals surface area contributed by atoms with Gasteiger partial charge in [0.15, 0.2) is 4.77 Å². The third-order valence-electron chi connectivity index (χ3n) is 3.59. The molecule has 1 heterocycles. The first-order valence-electron chi connectivity index (χ1n) is 6.66. The first-order valence-corrected chi connectivity index (χ1v) is 7.45. The van der Waals surface area contributed by atoms with Crippen LogP contribution in [-0.2, 0) is 0 Å². The van der Waals surface area contributed by atoms with E-state index in [0.29, 0.717) is 9.79 Å². The van der Waals surface area contributed by atoms with Gasteiger partial charge in [-0.3, -0.25) is 4.57 Å². The van der Waals surface area contributed by atoms with Crippen molar-refractivity contribution < 1.29 is 0 Å². The van der Waals surface area contributed by atoms with Crippen LogP contribution in [-0.4, -0.2) is 23.6 Å². The van der Waals surface area contributed by atoms with Crippen LogP contribution in [0.2, 0.25) is 5.02 Å². The van der Waals surface area contributed by atoms with Crippen LogP contribution in [0.15, 0.2) is 36.4 Å². The van der Waals surface area contributed by atoms with Crippen LogP contribution in [0.5, 0.6) is 0 Å². The van der Waals surface area contributed by atoms with Crippen LogP contribution in [0.1, 0.15) is 5.56 Å². The van der Waals surface area contributed by atoms with Crippen molar-refractivity contribution in [2.24, 2.45) is 0 Å².